The highest BCUT2D eigenvalue weighted by molar-refractivity contribution is 7.87. The summed E-state index contributed by atoms with van der Waals surface area (Å²) >= 11 is 0. The van der Waals surface area contributed by atoms with Gasteiger partial charge in [-0.2, -0.15) is 21.6 Å². The van der Waals surface area contributed by atoms with E-state index in [-0.39, 0.29) is 17.2 Å². The van der Waals surface area contributed by atoms with Crippen LogP contribution in [0.15, 0.2) is 53.4 Å². The molecule has 2 aromatic carbocycles. The lowest BCUT2D eigenvalue weighted by molar-refractivity contribution is -0.137. The van der Waals surface area contributed by atoms with Crippen LogP contribution in [-0.2, 0) is 21.1 Å². The lowest BCUT2D eigenvalue weighted by Crippen LogP contribution is -2.12. The number of benzene rings is 2. The highest BCUT2D eigenvalue weighted by atomic mass is 32.2. The fraction of sp³-hybridized carbons (Fsp3) is 0.188. The van der Waals surface area contributed by atoms with Crippen molar-refractivity contribution in [3.63, 3.8) is 0 Å². The second-order valence-corrected chi connectivity index (χ2v) is 6.54. The van der Waals surface area contributed by atoms with E-state index in [1.165, 1.54) is 24.3 Å². The highest BCUT2D eigenvalue weighted by Gasteiger charge is 2.31. The van der Waals surface area contributed by atoms with Gasteiger partial charge in [-0.3, -0.25) is 4.79 Å². The first-order valence-electron chi connectivity index (χ1n) is 7.13. The third-order valence-electron chi connectivity index (χ3n) is 3.12. The molecule has 25 heavy (non-hydrogen) atoms. The van der Waals surface area contributed by atoms with E-state index in [1.54, 1.807) is 6.92 Å². The lowest BCUT2D eigenvalue weighted by Gasteiger charge is -2.11. The molecule has 0 aliphatic carbocycles. The van der Waals surface area contributed by atoms with Crippen molar-refractivity contribution in [3.8, 4) is 5.75 Å². The maximum absolute atomic E-state index is 12.7. The van der Waals surface area contributed by atoms with Crippen molar-refractivity contribution < 1.29 is 30.6 Å². The van der Waals surface area contributed by atoms with Gasteiger partial charge in [0.1, 0.15) is 10.6 Å². The maximum atomic E-state index is 12.7. The van der Waals surface area contributed by atoms with Gasteiger partial charge >= 0.3 is 16.3 Å². The van der Waals surface area contributed by atoms with E-state index < -0.39 is 27.6 Å². The van der Waals surface area contributed by atoms with Crippen LogP contribution in [-0.4, -0.2) is 14.3 Å². The molecule has 0 unspecified atom stereocenters. The molecule has 0 saturated heterocycles. The Hall–Kier alpha value is -2.55. The van der Waals surface area contributed by atoms with Gasteiger partial charge in [0.15, 0.2) is 0 Å². The van der Waals surface area contributed by atoms with Gasteiger partial charge in [0.05, 0.1) is 5.56 Å². The van der Waals surface area contributed by atoms with E-state index in [1.807, 2.05) is 0 Å². The van der Waals surface area contributed by atoms with Crippen molar-refractivity contribution >= 4 is 21.7 Å². The fourth-order valence-corrected chi connectivity index (χ4v) is 2.78. The second-order valence-electron chi connectivity index (χ2n) is 4.99. The van der Waals surface area contributed by atoms with E-state index >= 15 is 0 Å². The number of nitrogens with one attached hydrogen (secondary N) is 1. The third-order valence-corrected chi connectivity index (χ3v) is 4.38. The van der Waals surface area contributed by atoms with Crippen molar-refractivity contribution in [1.82, 2.24) is 0 Å². The Labute approximate surface area is 142 Å². The standard InChI is InChI=1S/C16H14F3NO4S/c1-2-15(21)20-12-6-8-14(9-7-12)25(22,23)24-13-5-3-4-11(10-13)16(17,18)19/h3-10H,2H2,1H3,(H,20,21). The van der Waals surface area contributed by atoms with Crippen LogP contribution in [0.5, 0.6) is 5.75 Å². The summed E-state index contributed by atoms with van der Waals surface area (Å²) in [4.78, 5) is 11.0. The molecule has 0 heterocycles. The van der Waals surface area contributed by atoms with Gasteiger partial charge in [-0.05, 0) is 42.5 Å². The summed E-state index contributed by atoms with van der Waals surface area (Å²) in [5.41, 5.74) is -0.623. The van der Waals surface area contributed by atoms with Gasteiger partial charge in [0.25, 0.3) is 0 Å². The minimum Gasteiger partial charge on any atom is -0.379 e. The number of hydrogen-bond acceptors (Lipinski definition) is 4. The van der Waals surface area contributed by atoms with Gasteiger partial charge < -0.3 is 9.50 Å². The Balaban J connectivity index is 2.20. The minimum absolute atomic E-state index is 0.240. The molecule has 0 spiro atoms. The molecule has 5 nitrogen and oxygen atoms in total. The average Bonchev–Trinajstić information content (AvgIpc) is 2.54. The van der Waals surface area contributed by atoms with Gasteiger partial charge in [0, 0.05) is 12.1 Å². The summed E-state index contributed by atoms with van der Waals surface area (Å²) in [7, 11) is -4.31. The van der Waals surface area contributed by atoms with Gasteiger partial charge in [-0.15, -0.1) is 0 Å². The molecule has 0 saturated carbocycles. The molecule has 0 aliphatic heterocycles. The Bertz CT molecular complexity index is 862. The molecule has 1 N–H and O–H groups in total. The van der Waals surface area contributed by atoms with Crippen LogP contribution in [0.4, 0.5) is 18.9 Å². The van der Waals surface area contributed by atoms with Crippen LogP contribution in [0.1, 0.15) is 18.9 Å². The van der Waals surface area contributed by atoms with Crippen molar-refractivity contribution in [1.29, 1.82) is 0 Å². The predicted octanol–water partition coefficient (Wildman–Crippen LogP) is 3.82. The molecular weight excluding hydrogens is 359 g/mol. The summed E-state index contributed by atoms with van der Waals surface area (Å²) < 4.78 is 67.1. The zero-order valence-electron chi connectivity index (χ0n) is 13.0. The number of amides is 1. The normalized spacial score (nSPS) is 11.8. The summed E-state index contributed by atoms with van der Waals surface area (Å²) in [6.07, 6.45) is -4.35. The van der Waals surface area contributed by atoms with Crippen LogP contribution in [0.25, 0.3) is 0 Å². The molecule has 0 atom stereocenters. The smallest absolute Gasteiger partial charge is 0.379 e. The lowest BCUT2D eigenvalue weighted by atomic mass is 10.2. The second kappa shape index (κ2) is 7.14. The molecule has 134 valence electrons. The summed E-state index contributed by atoms with van der Waals surface area (Å²) in [6, 6.07) is 8.67. The first-order chi connectivity index (χ1) is 11.6. The number of hydrogen-bond donors (Lipinski definition) is 1. The molecule has 9 heteroatoms. The van der Waals surface area contributed by atoms with Crippen LogP contribution in [0.2, 0.25) is 0 Å². The highest BCUT2D eigenvalue weighted by Crippen LogP contribution is 2.32. The molecule has 2 rings (SSSR count). The number of carbonyl (C=O) groups is 1. The first-order valence-corrected chi connectivity index (χ1v) is 8.54. The molecule has 0 bridgehead atoms. The summed E-state index contributed by atoms with van der Waals surface area (Å²) in [5, 5.41) is 2.54. The van der Waals surface area contributed by atoms with Gasteiger partial charge in [-0.25, -0.2) is 0 Å². The quantitative estimate of drug-likeness (QED) is 0.809. The molecule has 2 aromatic rings. The number of carbonyl (C=O) groups excluding carboxylic acids is 1. The van der Waals surface area contributed by atoms with E-state index in [0.717, 1.165) is 18.2 Å². The maximum Gasteiger partial charge on any atom is 0.416 e. The molecular formula is C16H14F3NO4S. The van der Waals surface area contributed by atoms with E-state index in [4.69, 9.17) is 4.18 Å². The van der Waals surface area contributed by atoms with Gasteiger partial charge in [0.2, 0.25) is 5.91 Å². The predicted molar refractivity (Wildman–Crippen MR) is 84.6 cm³/mol. The Morgan fingerprint density at radius 1 is 1.12 bits per heavy atom. The van der Waals surface area contributed by atoms with Crippen LogP contribution >= 0.6 is 0 Å². The summed E-state index contributed by atoms with van der Waals surface area (Å²) in [6.45, 7) is 1.66. The molecule has 0 aliphatic rings. The SMILES string of the molecule is CCC(=O)Nc1ccc(S(=O)(=O)Oc2cccc(C(F)(F)F)c2)cc1. The number of rotatable bonds is 5. The van der Waals surface area contributed by atoms with E-state index in [2.05, 4.69) is 5.32 Å². The van der Waals surface area contributed by atoms with E-state index in [0.29, 0.717) is 11.8 Å². The largest absolute Gasteiger partial charge is 0.416 e. The number of alkyl halides is 3. The van der Waals surface area contributed by atoms with Crippen molar-refractivity contribution in [2.75, 3.05) is 5.32 Å². The van der Waals surface area contributed by atoms with Crippen molar-refractivity contribution in [2.45, 2.75) is 24.4 Å². The number of anilines is 1. The molecule has 0 aromatic heterocycles. The minimum atomic E-state index is -4.61. The van der Waals surface area contributed by atoms with Crippen LogP contribution < -0.4 is 9.50 Å². The third kappa shape index (κ3) is 4.96. The first kappa shape index (κ1) is 18.8. The molecule has 0 fully saturated rings. The zero-order valence-corrected chi connectivity index (χ0v) is 13.8. The molecule has 1 amide bonds. The monoisotopic (exact) mass is 373 g/mol. The molecule has 0 radical (unpaired) electrons. The Morgan fingerprint density at radius 2 is 1.76 bits per heavy atom. The van der Waals surface area contributed by atoms with Gasteiger partial charge in [-0.1, -0.05) is 13.0 Å². The van der Waals surface area contributed by atoms with Crippen LogP contribution in [0.3, 0.4) is 0 Å². The Kier molecular flexibility index (Phi) is 5.36. The van der Waals surface area contributed by atoms with E-state index in [9.17, 15) is 26.4 Å². The number of halogens is 3. The van der Waals surface area contributed by atoms with Crippen molar-refractivity contribution in [3.05, 3.63) is 54.1 Å². The Morgan fingerprint density at radius 3 is 2.32 bits per heavy atom. The topological polar surface area (TPSA) is 72.5 Å². The van der Waals surface area contributed by atoms with Crippen molar-refractivity contribution in [2.24, 2.45) is 0 Å². The zero-order chi connectivity index (χ0) is 18.7. The average molecular weight is 373 g/mol. The summed E-state index contributed by atoms with van der Waals surface area (Å²) in [5.74, 6) is -0.686. The van der Waals surface area contributed by atoms with Crippen LogP contribution in [0, 0.1) is 0 Å². The fourth-order valence-electron chi connectivity index (χ4n) is 1.85.